The maximum absolute atomic E-state index is 11.9. The lowest BCUT2D eigenvalue weighted by molar-refractivity contribution is -0.115. The van der Waals surface area contributed by atoms with E-state index in [1.54, 1.807) is 12.1 Å². The topological polar surface area (TPSA) is 50.4 Å². The monoisotopic (exact) mass is 296 g/mol. The Labute approximate surface area is 130 Å². The quantitative estimate of drug-likeness (QED) is 0.736. The SMILES string of the molecule is C=CCOc1cccc(NC(=O)CNCc2ccccc2)c1. The Morgan fingerprint density at radius 1 is 1.14 bits per heavy atom. The van der Waals surface area contributed by atoms with Gasteiger partial charge in [0.2, 0.25) is 5.91 Å². The van der Waals surface area contributed by atoms with Gasteiger partial charge < -0.3 is 15.4 Å². The average Bonchev–Trinajstić information content (AvgIpc) is 2.54. The molecule has 0 fully saturated rings. The Morgan fingerprint density at radius 3 is 2.73 bits per heavy atom. The Morgan fingerprint density at radius 2 is 1.95 bits per heavy atom. The van der Waals surface area contributed by atoms with Gasteiger partial charge in [-0.05, 0) is 17.7 Å². The van der Waals surface area contributed by atoms with Crippen LogP contribution in [0.1, 0.15) is 5.56 Å². The van der Waals surface area contributed by atoms with Crippen LogP contribution in [0.3, 0.4) is 0 Å². The van der Waals surface area contributed by atoms with E-state index in [1.807, 2.05) is 48.5 Å². The summed E-state index contributed by atoms with van der Waals surface area (Å²) < 4.78 is 5.43. The van der Waals surface area contributed by atoms with Crippen LogP contribution in [0.15, 0.2) is 67.3 Å². The molecule has 0 unspecified atom stereocenters. The summed E-state index contributed by atoms with van der Waals surface area (Å²) in [5, 5.41) is 5.95. The van der Waals surface area contributed by atoms with Crippen molar-refractivity contribution < 1.29 is 9.53 Å². The van der Waals surface area contributed by atoms with Crippen molar-refractivity contribution >= 4 is 11.6 Å². The molecule has 114 valence electrons. The van der Waals surface area contributed by atoms with E-state index in [-0.39, 0.29) is 12.5 Å². The summed E-state index contributed by atoms with van der Waals surface area (Å²) in [6.07, 6.45) is 1.68. The molecule has 4 nitrogen and oxygen atoms in total. The molecule has 0 aromatic heterocycles. The highest BCUT2D eigenvalue weighted by atomic mass is 16.5. The molecule has 0 aliphatic carbocycles. The maximum Gasteiger partial charge on any atom is 0.238 e. The van der Waals surface area contributed by atoms with E-state index in [9.17, 15) is 4.79 Å². The van der Waals surface area contributed by atoms with Crippen molar-refractivity contribution in [2.45, 2.75) is 6.54 Å². The van der Waals surface area contributed by atoms with Crippen molar-refractivity contribution in [1.82, 2.24) is 5.32 Å². The summed E-state index contributed by atoms with van der Waals surface area (Å²) in [4.78, 5) is 11.9. The number of amides is 1. The van der Waals surface area contributed by atoms with E-state index >= 15 is 0 Å². The minimum Gasteiger partial charge on any atom is -0.489 e. The number of rotatable bonds is 8. The van der Waals surface area contributed by atoms with Gasteiger partial charge in [0.25, 0.3) is 0 Å². The summed E-state index contributed by atoms with van der Waals surface area (Å²) in [5.74, 6) is 0.617. The predicted octanol–water partition coefficient (Wildman–Crippen LogP) is 2.98. The van der Waals surface area contributed by atoms with Crippen LogP contribution in [-0.2, 0) is 11.3 Å². The van der Waals surface area contributed by atoms with E-state index in [1.165, 1.54) is 0 Å². The van der Waals surface area contributed by atoms with Gasteiger partial charge in [0.1, 0.15) is 12.4 Å². The van der Waals surface area contributed by atoms with Crippen LogP contribution in [-0.4, -0.2) is 19.1 Å². The molecule has 0 heterocycles. The molecule has 0 saturated carbocycles. The van der Waals surface area contributed by atoms with E-state index < -0.39 is 0 Å². The van der Waals surface area contributed by atoms with Gasteiger partial charge in [0.05, 0.1) is 6.54 Å². The Balaban J connectivity index is 1.78. The highest BCUT2D eigenvalue weighted by Gasteiger charge is 2.03. The Hall–Kier alpha value is -2.59. The number of carbonyl (C=O) groups excluding carboxylic acids is 1. The molecule has 0 aliphatic rings. The number of hydrogen-bond acceptors (Lipinski definition) is 3. The molecule has 0 aliphatic heterocycles. The van der Waals surface area contributed by atoms with Crippen molar-refractivity contribution in [3.63, 3.8) is 0 Å². The lowest BCUT2D eigenvalue weighted by Gasteiger charge is -2.09. The second-order valence-corrected chi connectivity index (χ2v) is 4.76. The third-order valence-electron chi connectivity index (χ3n) is 2.94. The first-order valence-electron chi connectivity index (χ1n) is 7.16. The largest absolute Gasteiger partial charge is 0.489 e. The highest BCUT2D eigenvalue weighted by Crippen LogP contribution is 2.17. The van der Waals surface area contributed by atoms with Crippen LogP contribution in [0.2, 0.25) is 0 Å². The summed E-state index contributed by atoms with van der Waals surface area (Å²) in [6, 6.07) is 17.3. The van der Waals surface area contributed by atoms with E-state index in [2.05, 4.69) is 17.2 Å². The van der Waals surface area contributed by atoms with Crippen molar-refractivity contribution in [2.24, 2.45) is 0 Å². The van der Waals surface area contributed by atoms with Crippen LogP contribution < -0.4 is 15.4 Å². The molecule has 0 saturated heterocycles. The van der Waals surface area contributed by atoms with Gasteiger partial charge in [-0.1, -0.05) is 49.1 Å². The Bertz CT molecular complexity index is 611. The summed E-state index contributed by atoms with van der Waals surface area (Å²) in [7, 11) is 0. The number of hydrogen-bond donors (Lipinski definition) is 2. The number of benzene rings is 2. The smallest absolute Gasteiger partial charge is 0.238 e. The van der Waals surface area contributed by atoms with E-state index in [0.717, 1.165) is 5.56 Å². The molecule has 0 atom stereocenters. The van der Waals surface area contributed by atoms with Crippen LogP contribution in [0, 0.1) is 0 Å². The zero-order valence-electron chi connectivity index (χ0n) is 12.4. The zero-order valence-corrected chi connectivity index (χ0v) is 12.4. The van der Waals surface area contributed by atoms with Gasteiger partial charge in [-0.2, -0.15) is 0 Å². The first kappa shape index (κ1) is 15.8. The van der Waals surface area contributed by atoms with E-state index in [4.69, 9.17) is 4.74 Å². The third-order valence-corrected chi connectivity index (χ3v) is 2.94. The molecule has 22 heavy (non-hydrogen) atoms. The van der Waals surface area contributed by atoms with Gasteiger partial charge >= 0.3 is 0 Å². The second-order valence-electron chi connectivity index (χ2n) is 4.76. The van der Waals surface area contributed by atoms with Crippen molar-refractivity contribution in [3.05, 3.63) is 72.8 Å². The maximum atomic E-state index is 11.9. The first-order chi connectivity index (χ1) is 10.8. The molecular weight excluding hydrogens is 276 g/mol. The molecule has 0 bridgehead atoms. The lowest BCUT2D eigenvalue weighted by atomic mass is 10.2. The molecule has 1 amide bonds. The van der Waals surface area contributed by atoms with Crippen LogP contribution in [0.25, 0.3) is 0 Å². The first-order valence-corrected chi connectivity index (χ1v) is 7.16. The van der Waals surface area contributed by atoms with Crippen molar-refractivity contribution in [3.8, 4) is 5.75 Å². The fraction of sp³-hybridized carbons (Fsp3) is 0.167. The number of ether oxygens (including phenoxy) is 1. The van der Waals surface area contributed by atoms with Gasteiger partial charge in [0.15, 0.2) is 0 Å². The Kier molecular flexibility index (Phi) is 6.20. The number of nitrogens with one attached hydrogen (secondary N) is 2. The lowest BCUT2D eigenvalue weighted by Crippen LogP contribution is -2.27. The normalized spacial score (nSPS) is 10.0. The molecule has 2 rings (SSSR count). The molecule has 0 spiro atoms. The number of anilines is 1. The van der Waals surface area contributed by atoms with Crippen LogP contribution in [0.4, 0.5) is 5.69 Å². The molecule has 2 aromatic rings. The fourth-order valence-electron chi connectivity index (χ4n) is 1.94. The molecule has 2 N–H and O–H groups in total. The minimum absolute atomic E-state index is 0.0863. The van der Waals surface area contributed by atoms with Gasteiger partial charge in [-0.3, -0.25) is 4.79 Å². The van der Waals surface area contributed by atoms with E-state index in [0.29, 0.717) is 24.6 Å². The van der Waals surface area contributed by atoms with Gasteiger partial charge in [0, 0.05) is 18.3 Å². The number of carbonyl (C=O) groups is 1. The zero-order chi connectivity index (χ0) is 15.6. The van der Waals surface area contributed by atoms with Gasteiger partial charge in [-0.25, -0.2) is 0 Å². The second kappa shape index (κ2) is 8.64. The molecule has 4 heteroatoms. The van der Waals surface area contributed by atoms with Crippen molar-refractivity contribution in [1.29, 1.82) is 0 Å². The summed E-state index contributed by atoms with van der Waals surface area (Å²) in [5.41, 5.74) is 1.86. The fourth-order valence-corrected chi connectivity index (χ4v) is 1.94. The molecule has 2 aromatic carbocycles. The predicted molar refractivity (Wildman–Crippen MR) is 88.9 cm³/mol. The van der Waals surface area contributed by atoms with Crippen LogP contribution in [0.5, 0.6) is 5.75 Å². The van der Waals surface area contributed by atoms with Crippen LogP contribution >= 0.6 is 0 Å². The summed E-state index contributed by atoms with van der Waals surface area (Å²) in [6.45, 7) is 4.96. The minimum atomic E-state index is -0.0863. The van der Waals surface area contributed by atoms with Gasteiger partial charge in [-0.15, -0.1) is 0 Å². The standard InChI is InChI=1S/C18H20N2O2/c1-2-11-22-17-10-6-9-16(12-17)20-18(21)14-19-13-15-7-4-3-5-8-15/h2-10,12,19H,1,11,13-14H2,(H,20,21). The highest BCUT2D eigenvalue weighted by molar-refractivity contribution is 5.92. The average molecular weight is 296 g/mol. The summed E-state index contributed by atoms with van der Waals surface area (Å²) >= 11 is 0. The third kappa shape index (κ3) is 5.42. The molecular formula is C18H20N2O2. The molecule has 0 radical (unpaired) electrons. The van der Waals surface area contributed by atoms with Crippen molar-refractivity contribution in [2.75, 3.05) is 18.5 Å².